The summed E-state index contributed by atoms with van der Waals surface area (Å²) in [6.45, 7) is 2.77. The number of hydrogen-bond donors (Lipinski definition) is 0. The van der Waals surface area contributed by atoms with Crippen LogP contribution in [0.1, 0.15) is 17.1 Å². The van der Waals surface area contributed by atoms with E-state index in [1.165, 1.54) is 22.5 Å². The predicted octanol–water partition coefficient (Wildman–Crippen LogP) is 5.06. The van der Waals surface area contributed by atoms with Crippen molar-refractivity contribution >= 4 is 17.5 Å². The van der Waals surface area contributed by atoms with Gasteiger partial charge in [-0.05, 0) is 25.5 Å². The van der Waals surface area contributed by atoms with Crippen molar-refractivity contribution in [1.82, 2.24) is 23.9 Å². The third-order valence-electron chi connectivity index (χ3n) is 4.39. The van der Waals surface area contributed by atoms with Gasteiger partial charge >= 0.3 is 6.18 Å². The van der Waals surface area contributed by atoms with Gasteiger partial charge in [-0.25, -0.2) is 15.0 Å². The molecule has 0 bridgehead atoms. The molecule has 0 aliphatic carbocycles. The molecule has 0 fully saturated rings. The van der Waals surface area contributed by atoms with Crippen LogP contribution in [0.2, 0.25) is 0 Å². The number of benzene rings is 1. The zero-order chi connectivity index (χ0) is 20.6. The van der Waals surface area contributed by atoms with Crippen LogP contribution in [0.4, 0.5) is 13.2 Å². The van der Waals surface area contributed by atoms with Crippen molar-refractivity contribution in [2.24, 2.45) is 0 Å². The highest BCUT2D eigenvalue weighted by Gasteiger charge is 2.30. The van der Waals surface area contributed by atoms with Gasteiger partial charge in [0.25, 0.3) is 0 Å². The Morgan fingerprint density at radius 2 is 1.83 bits per heavy atom. The summed E-state index contributed by atoms with van der Waals surface area (Å²) in [5.41, 5.74) is 3.74. The van der Waals surface area contributed by atoms with Crippen LogP contribution < -0.4 is 0 Å². The molecule has 0 amide bonds. The van der Waals surface area contributed by atoms with Gasteiger partial charge in [-0.15, -0.1) is 0 Å². The molecule has 0 N–H and O–H groups in total. The molecule has 0 aliphatic heterocycles. The third kappa shape index (κ3) is 4.29. The number of rotatable bonds is 5. The summed E-state index contributed by atoms with van der Waals surface area (Å²) in [6, 6.07) is 10.9. The van der Waals surface area contributed by atoms with Crippen LogP contribution >= 0.6 is 11.8 Å². The minimum Gasteiger partial charge on any atom is -0.310 e. The quantitative estimate of drug-likeness (QED) is 0.426. The molecule has 5 nitrogen and oxygen atoms in total. The number of imidazole rings is 2. The lowest BCUT2D eigenvalue weighted by atomic mass is 10.2. The van der Waals surface area contributed by atoms with E-state index in [9.17, 15) is 13.2 Å². The number of fused-ring (bicyclic) bond motifs is 1. The highest BCUT2D eigenvalue weighted by Crippen LogP contribution is 2.31. The maximum atomic E-state index is 13.2. The maximum Gasteiger partial charge on any atom is 0.406 e. The van der Waals surface area contributed by atoms with E-state index < -0.39 is 12.7 Å². The van der Waals surface area contributed by atoms with E-state index in [2.05, 4.69) is 15.0 Å². The lowest BCUT2D eigenvalue weighted by Crippen LogP contribution is -2.19. The van der Waals surface area contributed by atoms with Crippen LogP contribution in [0.3, 0.4) is 0 Å². The first kappa shape index (κ1) is 19.5. The zero-order valence-electron chi connectivity index (χ0n) is 15.8. The molecule has 4 rings (SSSR count). The third-order valence-corrected chi connectivity index (χ3v) is 5.41. The maximum absolute atomic E-state index is 13.2. The van der Waals surface area contributed by atoms with Crippen molar-refractivity contribution in [2.45, 2.75) is 37.5 Å². The lowest BCUT2D eigenvalue weighted by Gasteiger charge is -2.14. The number of hydrogen-bond acceptors (Lipinski definition) is 4. The first-order chi connectivity index (χ1) is 13.8. The second-order valence-electron chi connectivity index (χ2n) is 6.72. The fraction of sp³-hybridized carbons (Fsp3) is 0.250. The highest BCUT2D eigenvalue weighted by atomic mass is 32.2. The van der Waals surface area contributed by atoms with Gasteiger partial charge in [-0.3, -0.25) is 4.40 Å². The van der Waals surface area contributed by atoms with Crippen molar-refractivity contribution in [2.75, 3.05) is 0 Å². The Balaban J connectivity index is 1.63. The Morgan fingerprint density at radius 1 is 1.07 bits per heavy atom. The van der Waals surface area contributed by atoms with E-state index in [1.807, 2.05) is 36.6 Å². The van der Waals surface area contributed by atoms with E-state index in [4.69, 9.17) is 0 Å². The SMILES string of the molecule is Cc1cc(C)n2cc(CSc3ncc(-c4ccccc4)n3CC(F)(F)F)nc2n1. The molecule has 3 heterocycles. The van der Waals surface area contributed by atoms with Crippen molar-refractivity contribution in [3.05, 3.63) is 65.9 Å². The molecule has 3 aromatic heterocycles. The number of nitrogens with zero attached hydrogens (tertiary/aromatic N) is 5. The molecule has 4 aromatic rings. The zero-order valence-corrected chi connectivity index (χ0v) is 16.6. The molecule has 1 aromatic carbocycles. The smallest absolute Gasteiger partial charge is 0.310 e. The summed E-state index contributed by atoms with van der Waals surface area (Å²) in [6.07, 6.45) is -0.997. The Morgan fingerprint density at radius 3 is 2.55 bits per heavy atom. The van der Waals surface area contributed by atoms with Crippen LogP contribution in [-0.4, -0.2) is 30.1 Å². The van der Waals surface area contributed by atoms with Gasteiger partial charge in [0.05, 0.1) is 17.6 Å². The first-order valence-electron chi connectivity index (χ1n) is 8.93. The summed E-state index contributed by atoms with van der Waals surface area (Å²) < 4.78 is 42.7. The summed E-state index contributed by atoms with van der Waals surface area (Å²) >= 11 is 1.23. The molecule has 0 atom stereocenters. The molecular formula is C20H18F3N5S. The van der Waals surface area contributed by atoms with Crippen LogP contribution in [0.15, 0.2) is 53.9 Å². The van der Waals surface area contributed by atoms with Gasteiger partial charge < -0.3 is 4.57 Å². The molecule has 0 radical (unpaired) electrons. The van der Waals surface area contributed by atoms with Gasteiger partial charge in [0.1, 0.15) is 6.54 Å². The highest BCUT2D eigenvalue weighted by molar-refractivity contribution is 7.98. The predicted molar refractivity (Wildman–Crippen MR) is 106 cm³/mol. The van der Waals surface area contributed by atoms with Gasteiger partial charge in [0, 0.05) is 23.3 Å². The van der Waals surface area contributed by atoms with Crippen LogP contribution in [0, 0.1) is 13.8 Å². The Hall–Kier alpha value is -2.81. The topological polar surface area (TPSA) is 48.0 Å². The summed E-state index contributed by atoms with van der Waals surface area (Å²) in [5, 5.41) is 0.305. The van der Waals surface area contributed by atoms with Crippen molar-refractivity contribution in [3.63, 3.8) is 0 Å². The average molecular weight is 417 g/mol. The minimum absolute atomic E-state index is 0.305. The van der Waals surface area contributed by atoms with E-state index in [0.717, 1.165) is 17.1 Å². The molecule has 0 aliphatic rings. The van der Waals surface area contributed by atoms with Gasteiger partial charge in [-0.2, -0.15) is 13.2 Å². The summed E-state index contributed by atoms with van der Waals surface area (Å²) in [4.78, 5) is 13.1. The second-order valence-corrected chi connectivity index (χ2v) is 7.67. The van der Waals surface area contributed by atoms with Gasteiger partial charge in [0.2, 0.25) is 5.78 Å². The summed E-state index contributed by atoms with van der Waals surface area (Å²) in [5.74, 6) is 0.979. The molecule has 150 valence electrons. The molecule has 0 spiro atoms. The molecule has 29 heavy (non-hydrogen) atoms. The Bertz CT molecular complexity index is 1150. The number of thioether (sulfide) groups is 1. The number of alkyl halides is 3. The van der Waals surface area contributed by atoms with Crippen LogP contribution in [0.25, 0.3) is 17.0 Å². The second kappa shape index (κ2) is 7.55. The van der Waals surface area contributed by atoms with E-state index in [0.29, 0.717) is 27.9 Å². The van der Waals surface area contributed by atoms with Crippen molar-refractivity contribution in [1.29, 1.82) is 0 Å². The van der Waals surface area contributed by atoms with E-state index in [1.54, 1.807) is 24.3 Å². The van der Waals surface area contributed by atoms with Crippen molar-refractivity contribution < 1.29 is 13.2 Å². The monoisotopic (exact) mass is 417 g/mol. The number of halogens is 3. The molecule has 9 heteroatoms. The van der Waals surface area contributed by atoms with Crippen molar-refractivity contribution in [3.8, 4) is 11.3 Å². The molecular weight excluding hydrogens is 399 g/mol. The summed E-state index contributed by atoms with van der Waals surface area (Å²) in [7, 11) is 0. The van der Waals surface area contributed by atoms with Gasteiger partial charge in [-0.1, -0.05) is 42.1 Å². The van der Waals surface area contributed by atoms with E-state index in [-0.39, 0.29) is 0 Å². The standard InChI is InChI=1S/C20H18F3N5S/c1-13-8-14(2)27-10-16(26-18(27)25-13)11-29-19-24-9-17(15-6-4-3-5-7-15)28(19)12-20(21,22)23/h3-10H,11-12H2,1-2H3. The molecule has 0 unspecified atom stereocenters. The Kier molecular flexibility index (Phi) is 5.08. The lowest BCUT2D eigenvalue weighted by molar-refractivity contribution is -0.141. The Labute approximate surface area is 169 Å². The fourth-order valence-electron chi connectivity index (χ4n) is 3.17. The number of aryl methyl sites for hydroxylation is 2. The number of aromatic nitrogens is 5. The molecule has 0 saturated carbocycles. The first-order valence-corrected chi connectivity index (χ1v) is 9.91. The van der Waals surface area contributed by atoms with Gasteiger partial charge in [0.15, 0.2) is 5.16 Å². The minimum atomic E-state index is -4.35. The fourth-order valence-corrected chi connectivity index (χ4v) is 4.03. The van der Waals surface area contributed by atoms with Crippen LogP contribution in [-0.2, 0) is 12.3 Å². The molecule has 0 saturated heterocycles. The van der Waals surface area contributed by atoms with E-state index >= 15 is 0 Å². The normalized spacial score (nSPS) is 12.0. The van der Waals surface area contributed by atoms with Crippen LogP contribution in [0.5, 0.6) is 0 Å². The average Bonchev–Trinajstić information content (AvgIpc) is 3.23. The largest absolute Gasteiger partial charge is 0.406 e.